The van der Waals surface area contributed by atoms with Gasteiger partial charge in [-0.05, 0) is 49.4 Å². The predicted octanol–water partition coefficient (Wildman–Crippen LogP) is 1.34. The zero-order chi connectivity index (χ0) is 18.9. The topological polar surface area (TPSA) is 150 Å². The number of aromatic amines is 1. The molecule has 8 heteroatoms. The van der Waals surface area contributed by atoms with Crippen LogP contribution in [0.3, 0.4) is 0 Å². The van der Waals surface area contributed by atoms with Gasteiger partial charge >= 0.3 is 0 Å². The Labute approximate surface area is 150 Å². The molecule has 136 valence electrons. The van der Waals surface area contributed by atoms with Crippen LogP contribution < -0.4 is 27.7 Å². The first kappa shape index (κ1) is 18.9. The van der Waals surface area contributed by atoms with Gasteiger partial charge in [-0.25, -0.2) is 0 Å². The molecule has 1 heterocycles. The van der Waals surface area contributed by atoms with Crippen molar-refractivity contribution in [2.24, 2.45) is 11.5 Å². The fourth-order valence-corrected chi connectivity index (χ4v) is 2.20. The fraction of sp³-hybridized carbons (Fsp3) is 0.167. The lowest BCUT2D eigenvalue weighted by Crippen LogP contribution is -2.20. The predicted molar refractivity (Wildman–Crippen MR) is 105 cm³/mol. The van der Waals surface area contributed by atoms with Gasteiger partial charge in [-0.3, -0.25) is 9.59 Å². The number of rotatable bonds is 8. The lowest BCUT2D eigenvalue weighted by Gasteiger charge is -2.09. The number of carbonyl (C=O) groups excluding carboxylic acids is 1. The summed E-state index contributed by atoms with van der Waals surface area (Å²) < 4.78 is 0. The molecule has 0 atom stereocenters. The van der Waals surface area contributed by atoms with Crippen LogP contribution in [0.25, 0.3) is 5.70 Å². The van der Waals surface area contributed by atoms with Crippen molar-refractivity contribution in [2.45, 2.75) is 6.42 Å². The van der Waals surface area contributed by atoms with Crippen LogP contribution >= 0.6 is 0 Å². The molecule has 0 aliphatic heterocycles. The Morgan fingerprint density at radius 3 is 2.62 bits per heavy atom. The minimum atomic E-state index is -0.440. The average molecular weight is 354 g/mol. The monoisotopic (exact) mass is 354 g/mol. The molecule has 8 nitrogen and oxygen atoms in total. The van der Waals surface area contributed by atoms with Gasteiger partial charge in [0.2, 0.25) is 0 Å². The second kappa shape index (κ2) is 9.19. The quantitative estimate of drug-likeness (QED) is 0.312. The fourth-order valence-electron chi connectivity index (χ4n) is 2.20. The van der Waals surface area contributed by atoms with Gasteiger partial charge in [0.25, 0.3) is 11.5 Å². The first-order chi connectivity index (χ1) is 12.5. The number of carbonyl (C=O) groups is 1. The number of nitrogens with one attached hydrogen (secondary N) is 4. The Balaban J connectivity index is 2.12. The molecule has 2 aromatic rings. The zero-order valence-electron chi connectivity index (χ0n) is 14.2. The summed E-state index contributed by atoms with van der Waals surface area (Å²) in [5.74, 6) is -0.407. The number of anilines is 2. The van der Waals surface area contributed by atoms with Crippen LogP contribution in [-0.2, 0) is 0 Å². The highest BCUT2D eigenvalue weighted by Gasteiger charge is 2.10. The van der Waals surface area contributed by atoms with E-state index in [4.69, 9.17) is 16.9 Å². The van der Waals surface area contributed by atoms with Crippen LogP contribution in [-0.4, -0.2) is 30.2 Å². The summed E-state index contributed by atoms with van der Waals surface area (Å²) in [7, 11) is 0. The highest BCUT2D eigenvalue weighted by Crippen LogP contribution is 2.13. The van der Waals surface area contributed by atoms with Crippen molar-refractivity contribution < 1.29 is 4.79 Å². The summed E-state index contributed by atoms with van der Waals surface area (Å²) >= 11 is 0. The van der Waals surface area contributed by atoms with E-state index in [1.165, 1.54) is 18.3 Å². The molecule has 26 heavy (non-hydrogen) atoms. The SMILES string of the molecule is N=CC=C(N)c1c[nH]c(=O)c(NC(=O)c2ccc(NCCCN)cc2)c1. The Hall–Kier alpha value is -3.39. The largest absolute Gasteiger partial charge is 0.398 e. The lowest BCUT2D eigenvalue weighted by molar-refractivity contribution is 0.102. The van der Waals surface area contributed by atoms with E-state index in [9.17, 15) is 9.59 Å². The minimum absolute atomic E-state index is 0.0824. The van der Waals surface area contributed by atoms with Gasteiger partial charge in [-0.1, -0.05) is 0 Å². The van der Waals surface area contributed by atoms with E-state index in [-0.39, 0.29) is 5.69 Å². The summed E-state index contributed by atoms with van der Waals surface area (Å²) in [4.78, 5) is 26.8. The summed E-state index contributed by atoms with van der Waals surface area (Å²) in [6, 6.07) is 8.38. The maximum atomic E-state index is 12.4. The van der Waals surface area contributed by atoms with Gasteiger partial charge in [0.05, 0.1) is 0 Å². The normalized spacial score (nSPS) is 11.0. The summed E-state index contributed by atoms with van der Waals surface area (Å²) in [6.45, 7) is 1.37. The van der Waals surface area contributed by atoms with Crippen LogP contribution in [0.2, 0.25) is 0 Å². The van der Waals surface area contributed by atoms with Crippen molar-refractivity contribution in [2.75, 3.05) is 23.7 Å². The average Bonchev–Trinajstić information content (AvgIpc) is 2.64. The minimum Gasteiger partial charge on any atom is -0.398 e. The lowest BCUT2D eigenvalue weighted by atomic mass is 10.1. The van der Waals surface area contributed by atoms with Crippen molar-refractivity contribution in [3.8, 4) is 0 Å². The smallest absolute Gasteiger partial charge is 0.271 e. The number of hydrogen-bond acceptors (Lipinski definition) is 6. The molecule has 1 aromatic heterocycles. The van der Waals surface area contributed by atoms with E-state index in [2.05, 4.69) is 15.6 Å². The maximum absolute atomic E-state index is 12.4. The van der Waals surface area contributed by atoms with E-state index in [0.717, 1.165) is 24.9 Å². The molecule has 0 aliphatic carbocycles. The number of nitrogens with two attached hydrogens (primary N) is 2. The van der Waals surface area contributed by atoms with E-state index in [1.54, 1.807) is 24.3 Å². The molecule has 8 N–H and O–H groups in total. The third-order valence-corrected chi connectivity index (χ3v) is 3.60. The molecular weight excluding hydrogens is 332 g/mol. The molecule has 0 unspecified atom stereocenters. The molecule has 0 fully saturated rings. The van der Waals surface area contributed by atoms with E-state index in [0.29, 0.717) is 23.4 Å². The third kappa shape index (κ3) is 5.05. The highest BCUT2D eigenvalue weighted by atomic mass is 16.2. The van der Waals surface area contributed by atoms with E-state index >= 15 is 0 Å². The van der Waals surface area contributed by atoms with Crippen molar-refractivity contribution >= 4 is 29.2 Å². The van der Waals surface area contributed by atoms with Crippen molar-refractivity contribution in [1.82, 2.24) is 4.98 Å². The summed E-state index contributed by atoms with van der Waals surface area (Å²) in [5.41, 5.74) is 13.0. The van der Waals surface area contributed by atoms with E-state index < -0.39 is 11.5 Å². The Kier molecular flexibility index (Phi) is 6.69. The maximum Gasteiger partial charge on any atom is 0.271 e. The Morgan fingerprint density at radius 2 is 1.96 bits per heavy atom. The number of allylic oxidation sites excluding steroid dienone is 1. The first-order valence-corrected chi connectivity index (χ1v) is 8.10. The van der Waals surface area contributed by atoms with Gasteiger partial charge in [-0.15, -0.1) is 0 Å². The molecule has 0 bridgehead atoms. The van der Waals surface area contributed by atoms with Crippen LogP contribution in [0.5, 0.6) is 0 Å². The third-order valence-electron chi connectivity index (χ3n) is 3.60. The number of H-pyrrole nitrogens is 1. The van der Waals surface area contributed by atoms with Crippen molar-refractivity contribution in [1.29, 1.82) is 5.41 Å². The number of hydrogen-bond donors (Lipinski definition) is 6. The zero-order valence-corrected chi connectivity index (χ0v) is 14.2. The molecule has 0 spiro atoms. The molecule has 2 rings (SSSR count). The number of pyridine rings is 1. The van der Waals surface area contributed by atoms with Crippen LogP contribution in [0.1, 0.15) is 22.3 Å². The van der Waals surface area contributed by atoms with Crippen LogP contribution in [0.4, 0.5) is 11.4 Å². The second-order valence-corrected chi connectivity index (χ2v) is 5.52. The molecule has 0 saturated carbocycles. The first-order valence-electron chi connectivity index (χ1n) is 8.10. The molecule has 1 aromatic carbocycles. The molecular formula is C18H22N6O2. The van der Waals surface area contributed by atoms with Gasteiger partial charge in [-0.2, -0.15) is 0 Å². The van der Waals surface area contributed by atoms with E-state index in [1.807, 2.05) is 0 Å². The van der Waals surface area contributed by atoms with Crippen LogP contribution in [0, 0.1) is 5.41 Å². The summed E-state index contributed by atoms with van der Waals surface area (Å²) in [5, 5.41) is 12.8. The van der Waals surface area contributed by atoms with Crippen molar-refractivity contribution in [3.63, 3.8) is 0 Å². The highest BCUT2D eigenvalue weighted by molar-refractivity contribution is 6.04. The van der Waals surface area contributed by atoms with Gasteiger partial charge < -0.3 is 32.5 Å². The molecule has 1 amide bonds. The van der Waals surface area contributed by atoms with Crippen LogP contribution in [0.15, 0.2) is 47.4 Å². The van der Waals surface area contributed by atoms with Gasteiger partial charge in [0.1, 0.15) is 5.69 Å². The Morgan fingerprint density at radius 1 is 1.23 bits per heavy atom. The number of aromatic nitrogens is 1. The summed E-state index contributed by atoms with van der Waals surface area (Å²) in [6.07, 6.45) is 4.71. The molecule has 0 saturated heterocycles. The number of benzene rings is 1. The molecule has 0 radical (unpaired) electrons. The Bertz CT molecular complexity index is 855. The second-order valence-electron chi connectivity index (χ2n) is 5.52. The van der Waals surface area contributed by atoms with Gasteiger partial charge in [0, 0.05) is 41.5 Å². The standard InChI is InChI=1S/C18H22N6O2/c19-7-1-9-22-14-4-2-12(3-5-14)17(25)24-16-10-13(11-23-18(16)26)15(21)6-8-20/h2-6,8,10-11,20,22H,1,7,9,19,21H2,(H,23,26)(H,24,25). The van der Waals surface area contributed by atoms with Gasteiger partial charge in [0.15, 0.2) is 0 Å². The number of amides is 1. The van der Waals surface area contributed by atoms with Crippen molar-refractivity contribution in [3.05, 3.63) is 64.1 Å². The molecule has 0 aliphatic rings.